The van der Waals surface area contributed by atoms with Gasteiger partial charge in [0.25, 0.3) is 5.56 Å². The first-order valence-electron chi connectivity index (χ1n) is 8.97. The molecule has 2 aromatic heterocycles. The van der Waals surface area contributed by atoms with Gasteiger partial charge in [-0.1, -0.05) is 29.5 Å². The number of para-hydroxylation sites is 2. The molecule has 0 spiro atoms. The molecule has 7 nitrogen and oxygen atoms in total. The summed E-state index contributed by atoms with van der Waals surface area (Å²) in [5, 5.41) is 3.72. The minimum absolute atomic E-state index is 0.190. The molecule has 2 heterocycles. The lowest BCUT2D eigenvalue weighted by Gasteiger charge is -2.10. The maximum absolute atomic E-state index is 13.1. The zero-order valence-corrected chi connectivity index (χ0v) is 17.3. The zero-order chi connectivity index (χ0) is 20.5. The van der Waals surface area contributed by atoms with Gasteiger partial charge in [-0.25, -0.2) is 9.98 Å². The number of rotatable bonds is 5. The Morgan fingerprint density at radius 2 is 1.93 bits per heavy atom. The largest absolute Gasteiger partial charge is 0.493 e. The number of aliphatic imine (C=N–C) groups is 1. The SMILES string of the molecule is COc1cccc(N=C(C)c2c(C)[nH]n(-c3nc4ccccc4s3)c2=O)c1OC. The molecule has 0 saturated carbocycles. The van der Waals surface area contributed by atoms with Gasteiger partial charge in [0.05, 0.1) is 35.7 Å². The summed E-state index contributed by atoms with van der Waals surface area (Å²) in [7, 11) is 3.14. The Kier molecular flexibility index (Phi) is 4.94. The zero-order valence-electron chi connectivity index (χ0n) is 16.5. The van der Waals surface area contributed by atoms with Crippen LogP contribution in [0, 0.1) is 6.92 Å². The molecule has 0 fully saturated rings. The monoisotopic (exact) mass is 408 g/mol. The van der Waals surface area contributed by atoms with Crippen LogP contribution in [0.5, 0.6) is 11.5 Å². The molecule has 29 heavy (non-hydrogen) atoms. The molecule has 0 atom stereocenters. The van der Waals surface area contributed by atoms with Gasteiger partial charge in [-0.3, -0.25) is 9.89 Å². The van der Waals surface area contributed by atoms with Crippen molar-refractivity contribution in [3.63, 3.8) is 0 Å². The molecule has 0 aliphatic rings. The van der Waals surface area contributed by atoms with Crippen molar-refractivity contribution >= 4 is 33.0 Å². The van der Waals surface area contributed by atoms with Crippen molar-refractivity contribution in [1.82, 2.24) is 14.8 Å². The predicted molar refractivity (Wildman–Crippen MR) is 116 cm³/mol. The summed E-state index contributed by atoms with van der Waals surface area (Å²) in [6, 6.07) is 13.2. The van der Waals surface area contributed by atoms with Gasteiger partial charge in [0, 0.05) is 5.69 Å². The number of aryl methyl sites for hydroxylation is 1. The fourth-order valence-corrected chi connectivity index (χ4v) is 4.18. The quantitative estimate of drug-likeness (QED) is 0.501. The smallest absolute Gasteiger partial charge is 0.282 e. The van der Waals surface area contributed by atoms with Gasteiger partial charge < -0.3 is 9.47 Å². The summed E-state index contributed by atoms with van der Waals surface area (Å²) in [6.07, 6.45) is 0. The van der Waals surface area contributed by atoms with E-state index in [9.17, 15) is 4.79 Å². The maximum atomic E-state index is 13.1. The number of hydrogen-bond donors (Lipinski definition) is 1. The molecule has 0 bridgehead atoms. The number of benzene rings is 2. The first-order valence-corrected chi connectivity index (χ1v) is 9.79. The van der Waals surface area contributed by atoms with Crippen LogP contribution in [0.15, 0.2) is 52.3 Å². The number of nitrogens with zero attached hydrogens (tertiary/aromatic N) is 3. The average Bonchev–Trinajstić information content (AvgIpc) is 3.27. The molecule has 4 rings (SSSR count). The standard InChI is InChI=1S/C21H20N4O3S/c1-12(22-15-9-7-10-16(27-3)19(15)28-4)18-13(2)24-25(20(18)26)21-23-14-8-5-6-11-17(14)29-21/h5-11,24H,1-4H3. The van der Waals surface area contributed by atoms with Crippen LogP contribution in [0.1, 0.15) is 18.2 Å². The van der Waals surface area contributed by atoms with E-state index in [0.29, 0.717) is 33.6 Å². The first kappa shape index (κ1) is 18.9. The van der Waals surface area contributed by atoms with E-state index < -0.39 is 0 Å². The summed E-state index contributed by atoms with van der Waals surface area (Å²) in [5.74, 6) is 1.10. The van der Waals surface area contributed by atoms with Crippen LogP contribution < -0.4 is 15.0 Å². The van der Waals surface area contributed by atoms with E-state index in [-0.39, 0.29) is 5.56 Å². The van der Waals surface area contributed by atoms with E-state index in [1.54, 1.807) is 27.2 Å². The molecule has 0 unspecified atom stereocenters. The van der Waals surface area contributed by atoms with Gasteiger partial charge in [-0.05, 0) is 38.1 Å². The third kappa shape index (κ3) is 3.31. The lowest BCUT2D eigenvalue weighted by molar-refractivity contribution is 0.356. The van der Waals surface area contributed by atoms with Crippen molar-refractivity contribution in [3.8, 4) is 16.6 Å². The second-order valence-corrected chi connectivity index (χ2v) is 7.44. The van der Waals surface area contributed by atoms with E-state index in [2.05, 4.69) is 15.1 Å². The highest BCUT2D eigenvalue weighted by Gasteiger charge is 2.18. The number of aromatic nitrogens is 3. The predicted octanol–water partition coefficient (Wildman–Crippen LogP) is 4.24. The van der Waals surface area contributed by atoms with Crippen LogP contribution in [0.3, 0.4) is 0 Å². The second-order valence-electron chi connectivity index (χ2n) is 6.43. The highest BCUT2D eigenvalue weighted by Crippen LogP contribution is 2.37. The van der Waals surface area contributed by atoms with Gasteiger partial charge in [-0.2, -0.15) is 4.68 Å². The molecule has 4 aromatic rings. The van der Waals surface area contributed by atoms with Gasteiger partial charge in [0.2, 0.25) is 5.13 Å². The summed E-state index contributed by atoms with van der Waals surface area (Å²) in [5.41, 5.74) is 3.07. The van der Waals surface area contributed by atoms with Gasteiger partial charge in [0.1, 0.15) is 5.69 Å². The molecule has 0 saturated heterocycles. The van der Waals surface area contributed by atoms with Crippen molar-refractivity contribution in [2.75, 3.05) is 14.2 Å². The maximum Gasteiger partial charge on any atom is 0.282 e. The van der Waals surface area contributed by atoms with Gasteiger partial charge in [0.15, 0.2) is 11.5 Å². The fourth-order valence-electron chi connectivity index (χ4n) is 3.26. The highest BCUT2D eigenvalue weighted by molar-refractivity contribution is 7.20. The molecule has 1 N–H and O–H groups in total. The minimum atomic E-state index is -0.190. The topological polar surface area (TPSA) is 81.5 Å². The fraction of sp³-hybridized carbons (Fsp3) is 0.190. The number of methoxy groups -OCH3 is 2. The van der Waals surface area contributed by atoms with Crippen molar-refractivity contribution < 1.29 is 9.47 Å². The lowest BCUT2D eigenvalue weighted by atomic mass is 10.1. The summed E-state index contributed by atoms with van der Waals surface area (Å²) in [6.45, 7) is 3.65. The van der Waals surface area contributed by atoms with E-state index in [0.717, 1.165) is 15.9 Å². The van der Waals surface area contributed by atoms with Crippen molar-refractivity contribution in [2.24, 2.45) is 4.99 Å². The number of aromatic amines is 1. The van der Waals surface area contributed by atoms with E-state index in [1.165, 1.54) is 16.0 Å². The Morgan fingerprint density at radius 1 is 1.14 bits per heavy atom. The molecule has 2 aromatic carbocycles. The first-order chi connectivity index (χ1) is 14.0. The summed E-state index contributed by atoms with van der Waals surface area (Å²) < 4.78 is 13.3. The summed E-state index contributed by atoms with van der Waals surface area (Å²) >= 11 is 1.46. The summed E-state index contributed by atoms with van der Waals surface area (Å²) in [4.78, 5) is 22.3. The number of fused-ring (bicyclic) bond motifs is 1. The Bertz CT molecular complexity index is 1250. The van der Waals surface area contributed by atoms with Crippen LogP contribution in [0.2, 0.25) is 0 Å². The molecule has 0 aliphatic heterocycles. The third-order valence-electron chi connectivity index (χ3n) is 4.58. The van der Waals surface area contributed by atoms with E-state index >= 15 is 0 Å². The minimum Gasteiger partial charge on any atom is -0.493 e. The van der Waals surface area contributed by atoms with Crippen LogP contribution in [0.4, 0.5) is 5.69 Å². The van der Waals surface area contributed by atoms with Crippen LogP contribution in [-0.4, -0.2) is 34.7 Å². The Labute approximate surface area is 171 Å². The number of ether oxygens (including phenoxy) is 2. The van der Waals surface area contributed by atoms with E-state index in [4.69, 9.17) is 9.47 Å². The normalized spacial score (nSPS) is 11.8. The average molecular weight is 408 g/mol. The van der Waals surface area contributed by atoms with Gasteiger partial charge >= 0.3 is 0 Å². The molecule has 148 valence electrons. The molecular weight excluding hydrogens is 388 g/mol. The second kappa shape index (κ2) is 7.56. The Balaban J connectivity index is 1.80. The van der Waals surface area contributed by atoms with Crippen LogP contribution in [-0.2, 0) is 0 Å². The van der Waals surface area contributed by atoms with Crippen molar-refractivity contribution in [3.05, 3.63) is 64.1 Å². The highest BCUT2D eigenvalue weighted by atomic mass is 32.1. The van der Waals surface area contributed by atoms with Crippen molar-refractivity contribution in [2.45, 2.75) is 13.8 Å². The Hall–Kier alpha value is -3.39. The molecule has 0 amide bonds. The van der Waals surface area contributed by atoms with Crippen molar-refractivity contribution in [1.29, 1.82) is 0 Å². The number of H-pyrrole nitrogens is 1. The molecular formula is C21H20N4O3S. The van der Waals surface area contributed by atoms with E-state index in [1.807, 2.05) is 43.3 Å². The number of hydrogen-bond acceptors (Lipinski definition) is 6. The number of nitrogens with one attached hydrogen (secondary N) is 1. The molecule has 8 heteroatoms. The molecule has 0 radical (unpaired) electrons. The Morgan fingerprint density at radius 3 is 2.66 bits per heavy atom. The third-order valence-corrected chi connectivity index (χ3v) is 5.60. The molecule has 0 aliphatic carbocycles. The van der Waals surface area contributed by atoms with Crippen LogP contribution >= 0.6 is 11.3 Å². The lowest BCUT2D eigenvalue weighted by Crippen LogP contribution is -2.19. The number of thiazole rings is 1. The van der Waals surface area contributed by atoms with Crippen LogP contribution in [0.25, 0.3) is 15.3 Å². The van der Waals surface area contributed by atoms with Gasteiger partial charge in [-0.15, -0.1) is 0 Å².